The third-order valence-electron chi connectivity index (χ3n) is 2.77. The molecule has 0 aromatic heterocycles. The molecule has 24 heavy (non-hydrogen) atoms. The molecule has 0 radical (unpaired) electrons. The van der Waals surface area contributed by atoms with Crippen molar-refractivity contribution >= 4 is 32.0 Å². The fourth-order valence-corrected chi connectivity index (χ4v) is 6.74. The monoisotopic (exact) mass is 382 g/mol. The minimum absolute atomic E-state index is 0.138. The molecule has 1 amide bonds. The van der Waals surface area contributed by atoms with E-state index in [2.05, 4.69) is 9.95 Å². The second-order valence-electron chi connectivity index (χ2n) is 4.66. The first-order chi connectivity index (χ1) is 11.7. The molecule has 1 aliphatic heterocycles. The zero-order valence-corrected chi connectivity index (χ0v) is 15.7. The maximum absolute atomic E-state index is 11.6. The molecule has 3 rings (SSSR count). The standard InChI is InChI=1S/C14H17N4O3P3/c1-12(19)15-24-17(20-13-8-4-2-5-9-13)22-16-23-18(24)21-14-10-6-3-7-11-14/h2-11,16,22-23H,1H3,(H,15,19). The van der Waals surface area contributed by atoms with Crippen LogP contribution in [0.25, 0.3) is 0 Å². The molecule has 2 aromatic carbocycles. The summed E-state index contributed by atoms with van der Waals surface area (Å²) in [5.41, 5.74) is 0. The van der Waals surface area contributed by atoms with Crippen LogP contribution in [0.4, 0.5) is 0 Å². The predicted molar refractivity (Wildman–Crippen MR) is 98.3 cm³/mol. The molecule has 126 valence electrons. The molecule has 2 aromatic rings. The first kappa shape index (κ1) is 17.5. The van der Waals surface area contributed by atoms with Crippen LogP contribution in [0.2, 0.25) is 0 Å². The lowest BCUT2D eigenvalue weighted by atomic mass is 10.3. The number of nitrogens with zero attached hydrogens (tertiary/aromatic N) is 2. The van der Waals surface area contributed by atoms with Gasteiger partial charge in [0.05, 0.1) is 17.8 Å². The van der Waals surface area contributed by atoms with Crippen LogP contribution in [0, 0.1) is 0 Å². The Kier molecular flexibility index (Phi) is 6.33. The number of carbonyl (C=O) groups is 1. The van der Waals surface area contributed by atoms with E-state index >= 15 is 0 Å². The van der Waals surface area contributed by atoms with E-state index in [1.165, 1.54) is 6.92 Å². The number of amides is 1. The summed E-state index contributed by atoms with van der Waals surface area (Å²) >= 11 is 0. The van der Waals surface area contributed by atoms with Crippen LogP contribution >= 0.6 is 26.1 Å². The number of hydrogen-bond donors (Lipinski definition) is 2. The Balaban J connectivity index is 1.75. The third kappa shape index (κ3) is 4.84. The van der Waals surface area contributed by atoms with Gasteiger partial charge < -0.3 is 14.8 Å². The van der Waals surface area contributed by atoms with Crippen LogP contribution in [0.15, 0.2) is 60.7 Å². The van der Waals surface area contributed by atoms with Gasteiger partial charge in [0, 0.05) is 6.92 Å². The van der Waals surface area contributed by atoms with Crippen LogP contribution in [0.3, 0.4) is 0 Å². The summed E-state index contributed by atoms with van der Waals surface area (Å²) in [6, 6.07) is 18.9. The van der Waals surface area contributed by atoms with Crippen LogP contribution in [-0.4, -0.2) is 15.1 Å². The van der Waals surface area contributed by atoms with Crippen molar-refractivity contribution in [2.45, 2.75) is 6.92 Å². The Morgan fingerprint density at radius 3 is 1.83 bits per heavy atom. The number of nitrogens with one attached hydrogen (secondary N) is 2. The van der Waals surface area contributed by atoms with Gasteiger partial charge in [-0.05, 0) is 24.3 Å². The van der Waals surface area contributed by atoms with Crippen LogP contribution in [0.1, 0.15) is 6.92 Å². The van der Waals surface area contributed by atoms with Crippen molar-refractivity contribution in [1.29, 1.82) is 0 Å². The van der Waals surface area contributed by atoms with Gasteiger partial charge in [-0.15, -0.1) is 0 Å². The van der Waals surface area contributed by atoms with Gasteiger partial charge in [-0.1, -0.05) is 45.6 Å². The molecule has 2 N–H and O–H groups in total. The Morgan fingerprint density at radius 2 is 1.42 bits per heavy atom. The van der Waals surface area contributed by atoms with Crippen molar-refractivity contribution < 1.29 is 14.5 Å². The van der Waals surface area contributed by atoms with Gasteiger partial charge in [0.1, 0.15) is 11.5 Å². The Hall–Kier alpha value is -1.32. The minimum atomic E-state index is -1.30. The fourth-order valence-electron chi connectivity index (χ4n) is 1.81. The Labute approximate surface area is 145 Å². The lowest BCUT2D eigenvalue weighted by molar-refractivity contribution is -0.117. The van der Waals surface area contributed by atoms with Crippen LogP contribution < -0.4 is 19.6 Å². The highest BCUT2D eigenvalue weighted by molar-refractivity contribution is 7.71. The van der Waals surface area contributed by atoms with Crippen molar-refractivity contribution in [3.63, 3.8) is 0 Å². The van der Waals surface area contributed by atoms with E-state index in [0.29, 0.717) is 11.5 Å². The maximum Gasteiger partial charge on any atom is 0.230 e. The number of para-hydroxylation sites is 2. The van der Waals surface area contributed by atoms with Crippen molar-refractivity contribution in [1.82, 2.24) is 19.2 Å². The molecular formula is C14H17N4O3P3. The van der Waals surface area contributed by atoms with Gasteiger partial charge >= 0.3 is 0 Å². The van der Waals surface area contributed by atoms with Crippen molar-refractivity contribution in [2.24, 2.45) is 0 Å². The topological polar surface area (TPSA) is 66.1 Å². The molecule has 2 unspecified atom stereocenters. The molecular weight excluding hydrogens is 365 g/mol. The highest BCUT2D eigenvalue weighted by Crippen LogP contribution is 2.56. The SMILES string of the molecule is CC(=O)NP1N(Oc2ccccc2)PNPN1Oc1ccccc1. The average Bonchev–Trinajstić information content (AvgIpc) is 2.59. The molecule has 0 bridgehead atoms. The van der Waals surface area contributed by atoms with E-state index in [1.54, 1.807) is 9.21 Å². The number of rotatable bonds is 5. The van der Waals surface area contributed by atoms with E-state index in [9.17, 15) is 4.79 Å². The molecule has 1 heterocycles. The van der Waals surface area contributed by atoms with E-state index in [-0.39, 0.29) is 23.7 Å². The van der Waals surface area contributed by atoms with Gasteiger partial charge in [-0.3, -0.25) is 4.79 Å². The lowest BCUT2D eigenvalue weighted by Gasteiger charge is -2.39. The molecule has 10 heteroatoms. The average molecular weight is 382 g/mol. The van der Waals surface area contributed by atoms with Crippen molar-refractivity contribution in [3.05, 3.63) is 60.7 Å². The normalized spacial score (nSPS) is 20.8. The summed E-state index contributed by atoms with van der Waals surface area (Å²) in [5.74, 6) is 1.27. The molecule has 0 saturated carbocycles. The summed E-state index contributed by atoms with van der Waals surface area (Å²) in [5, 5.41) is 2.92. The summed E-state index contributed by atoms with van der Waals surface area (Å²) in [6.45, 7) is 1.48. The van der Waals surface area contributed by atoms with Gasteiger partial charge in [0.2, 0.25) is 14.3 Å². The zero-order valence-electron chi connectivity index (χ0n) is 12.8. The van der Waals surface area contributed by atoms with E-state index in [1.807, 2.05) is 60.7 Å². The summed E-state index contributed by atoms with van der Waals surface area (Å²) in [6.07, 6.45) is 0. The maximum atomic E-state index is 11.6. The van der Waals surface area contributed by atoms with E-state index in [4.69, 9.17) is 9.68 Å². The van der Waals surface area contributed by atoms with Gasteiger partial charge in [0.25, 0.3) is 0 Å². The number of carbonyl (C=O) groups excluding carboxylic acids is 1. The van der Waals surface area contributed by atoms with Crippen LogP contribution in [0.5, 0.6) is 11.5 Å². The number of benzene rings is 2. The highest BCUT2D eigenvalue weighted by atomic mass is 31.2. The summed E-state index contributed by atoms with van der Waals surface area (Å²) in [4.78, 5) is 26.7. The molecule has 1 fully saturated rings. The quantitative estimate of drug-likeness (QED) is 0.771. The second kappa shape index (κ2) is 8.68. The summed E-state index contributed by atoms with van der Waals surface area (Å²) < 4.78 is 3.43. The van der Waals surface area contributed by atoms with Gasteiger partial charge in [-0.2, -0.15) is 0 Å². The molecule has 7 nitrogen and oxygen atoms in total. The van der Waals surface area contributed by atoms with E-state index < -0.39 is 8.37 Å². The molecule has 0 aliphatic carbocycles. The first-order valence-corrected chi connectivity index (χ1v) is 10.3. The van der Waals surface area contributed by atoms with Crippen molar-refractivity contribution in [3.8, 4) is 11.5 Å². The Morgan fingerprint density at radius 1 is 0.958 bits per heavy atom. The predicted octanol–water partition coefficient (Wildman–Crippen LogP) is 3.56. The number of hydrogen-bond acceptors (Lipinski definition) is 6. The third-order valence-corrected chi connectivity index (χ3v) is 7.34. The van der Waals surface area contributed by atoms with Gasteiger partial charge in [0.15, 0.2) is 0 Å². The molecule has 1 saturated heterocycles. The largest absolute Gasteiger partial charge is 0.394 e. The smallest absolute Gasteiger partial charge is 0.230 e. The molecule has 1 aliphatic rings. The van der Waals surface area contributed by atoms with E-state index in [0.717, 1.165) is 0 Å². The molecule has 2 atom stereocenters. The second-order valence-corrected chi connectivity index (χ2v) is 9.20. The molecule has 0 spiro atoms. The zero-order chi connectivity index (χ0) is 16.8. The Bertz CT molecular complexity index is 615. The van der Waals surface area contributed by atoms with Gasteiger partial charge in [-0.25, -0.2) is 4.86 Å². The van der Waals surface area contributed by atoms with Crippen molar-refractivity contribution in [2.75, 3.05) is 0 Å². The van der Waals surface area contributed by atoms with Crippen LogP contribution in [-0.2, 0) is 4.79 Å². The first-order valence-electron chi connectivity index (χ1n) is 7.12. The summed E-state index contributed by atoms with van der Waals surface area (Å²) in [7, 11) is -0.879. The highest BCUT2D eigenvalue weighted by Gasteiger charge is 2.35. The minimum Gasteiger partial charge on any atom is -0.394 e. The fraction of sp³-hybridized carbons (Fsp3) is 0.0714. The lowest BCUT2D eigenvalue weighted by Crippen LogP contribution is -2.37.